The maximum Gasteiger partial charge on any atom is 0.145 e. The Hall–Kier alpha value is -1.99. The highest BCUT2D eigenvalue weighted by atomic mass is 32.2. The number of nitriles is 1. The van der Waals surface area contributed by atoms with Crippen LogP contribution >= 0.6 is 11.8 Å². The summed E-state index contributed by atoms with van der Waals surface area (Å²) < 4.78 is 0. The highest BCUT2D eigenvalue weighted by Crippen LogP contribution is 2.18. The van der Waals surface area contributed by atoms with Crippen LogP contribution in [0.4, 0.5) is 5.69 Å². The van der Waals surface area contributed by atoms with Crippen molar-refractivity contribution >= 4 is 17.4 Å². The van der Waals surface area contributed by atoms with Gasteiger partial charge in [0.25, 0.3) is 0 Å². The van der Waals surface area contributed by atoms with E-state index in [0.29, 0.717) is 12.2 Å². The number of thioether (sulfide) groups is 1. The minimum Gasteiger partial charge on any atom is -0.381 e. The molecule has 0 saturated carbocycles. The van der Waals surface area contributed by atoms with Gasteiger partial charge in [0, 0.05) is 28.9 Å². The average Bonchev–Trinajstić information content (AvgIpc) is 2.46. The molecule has 0 amide bonds. The lowest BCUT2D eigenvalue weighted by Gasteiger charge is -2.07. The molecule has 0 radical (unpaired) electrons. The second-order valence-corrected chi connectivity index (χ2v) is 4.58. The van der Waals surface area contributed by atoms with Crippen LogP contribution in [0.2, 0.25) is 0 Å². The average molecular weight is 255 g/mol. The Balaban J connectivity index is 2.05. The van der Waals surface area contributed by atoms with E-state index < -0.39 is 0 Å². The first-order valence-electron chi connectivity index (χ1n) is 5.55. The Morgan fingerprint density at radius 1 is 1.28 bits per heavy atom. The van der Waals surface area contributed by atoms with Gasteiger partial charge in [-0.25, -0.2) is 4.98 Å². The summed E-state index contributed by atoms with van der Waals surface area (Å²) in [6.07, 6.45) is 3.69. The van der Waals surface area contributed by atoms with Crippen molar-refractivity contribution < 1.29 is 0 Å². The Labute approximate surface area is 111 Å². The molecule has 2 rings (SSSR count). The third-order valence-electron chi connectivity index (χ3n) is 2.57. The zero-order valence-corrected chi connectivity index (χ0v) is 10.9. The Morgan fingerprint density at radius 2 is 2.06 bits per heavy atom. The molecule has 0 aliphatic carbocycles. The van der Waals surface area contributed by atoms with Crippen molar-refractivity contribution in [3.8, 4) is 6.07 Å². The maximum atomic E-state index is 8.94. The molecule has 2 aromatic rings. The lowest BCUT2D eigenvalue weighted by atomic mass is 10.2. The fourth-order valence-corrected chi connectivity index (χ4v) is 2.00. The summed E-state index contributed by atoms with van der Waals surface area (Å²) in [6, 6.07) is 14.1. The third-order valence-corrected chi connectivity index (χ3v) is 3.31. The van der Waals surface area contributed by atoms with Crippen LogP contribution in [-0.2, 0) is 6.54 Å². The SMILES string of the molecule is CSc1ccc(NCc2cccnc2C#N)cc1. The number of nitrogens with zero attached hydrogens (tertiary/aromatic N) is 2. The molecular weight excluding hydrogens is 242 g/mol. The van der Waals surface area contributed by atoms with Crippen molar-refractivity contribution in [1.29, 1.82) is 5.26 Å². The predicted molar refractivity (Wildman–Crippen MR) is 74.5 cm³/mol. The standard InChI is InChI=1S/C14H13N3S/c1-18-13-6-4-12(5-7-13)17-10-11-3-2-8-16-14(11)9-15/h2-8,17H,10H2,1H3. The number of nitrogens with one attached hydrogen (secondary N) is 1. The first-order chi connectivity index (χ1) is 8.83. The minimum atomic E-state index is 0.478. The molecule has 1 N–H and O–H groups in total. The number of benzene rings is 1. The van der Waals surface area contributed by atoms with Crippen LogP contribution in [0.3, 0.4) is 0 Å². The Bertz CT molecular complexity index is 558. The van der Waals surface area contributed by atoms with E-state index in [0.717, 1.165) is 11.3 Å². The van der Waals surface area contributed by atoms with Crippen LogP contribution in [0.5, 0.6) is 0 Å². The van der Waals surface area contributed by atoms with Crippen molar-refractivity contribution in [3.05, 3.63) is 53.9 Å². The topological polar surface area (TPSA) is 48.7 Å². The van der Waals surface area contributed by atoms with Gasteiger partial charge in [0.05, 0.1) is 0 Å². The van der Waals surface area contributed by atoms with E-state index >= 15 is 0 Å². The summed E-state index contributed by atoms with van der Waals surface area (Å²) in [6.45, 7) is 0.606. The lowest BCUT2D eigenvalue weighted by Crippen LogP contribution is -2.02. The summed E-state index contributed by atoms with van der Waals surface area (Å²) in [4.78, 5) is 5.27. The van der Waals surface area contributed by atoms with E-state index in [4.69, 9.17) is 5.26 Å². The van der Waals surface area contributed by atoms with Crippen molar-refractivity contribution in [2.75, 3.05) is 11.6 Å². The van der Waals surface area contributed by atoms with Gasteiger partial charge in [0.1, 0.15) is 11.8 Å². The molecule has 0 spiro atoms. The fourth-order valence-electron chi connectivity index (χ4n) is 1.59. The molecule has 0 saturated heterocycles. The molecular formula is C14H13N3S. The first kappa shape index (κ1) is 12.5. The number of anilines is 1. The molecule has 0 unspecified atom stereocenters. The molecule has 1 aromatic heterocycles. The highest BCUT2D eigenvalue weighted by molar-refractivity contribution is 7.98. The second kappa shape index (κ2) is 6.08. The van der Waals surface area contributed by atoms with Crippen LogP contribution in [0, 0.1) is 11.3 Å². The van der Waals surface area contributed by atoms with E-state index in [1.807, 2.05) is 24.3 Å². The van der Waals surface area contributed by atoms with Crippen molar-refractivity contribution in [2.45, 2.75) is 11.4 Å². The van der Waals surface area contributed by atoms with Crippen LogP contribution < -0.4 is 5.32 Å². The molecule has 0 bridgehead atoms. The van der Waals surface area contributed by atoms with E-state index in [1.54, 1.807) is 18.0 Å². The normalized spacial score (nSPS) is 9.78. The zero-order chi connectivity index (χ0) is 12.8. The molecule has 0 aliphatic rings. The van der Waals surface area contributed by atoms with E-state index in [1.165, 1.54) is 4.90 Å². The van der Waals surface area contributed by atoms with E-state index in [-0.39, 0.29) is 0 Å². The van der Waals surface area contributed by atoms with Gasteiger partial charge in [0.15, 0.2) is 0 Å². The monoisotopic (exact) mass is 255 g/mol. The summed E-state index contributed by atoms with van der Waals surface area (Å²) in [5, 5.41) is 12.2. The Morgan fingerprint density at radius 3 is 2.72 bits per heavy atom. The molecule has 3 nitrogen and oxygen atoms in total. The molecule has 1 aromatic carbocycles. The van der Waals surface area contributed by atoms with Gasteiger partial charge >= 0.3 is 0 Å². The molecule has 4 heteroatoms. The highest BCUT2D eigenvalue weighted by Gasteiger charge is 2.01. The first-order valence-corrected chi connectivity index (χ1v) is 6.78. The summed E-state index contributed by atoms with van der Waals surface area (Å²) >= 11 is 1.72. The number of pyridine rings is 1. The molecule has 0 fully saturated rings. The van der Waals surface area contributed by atoms with Crippen LogP contribution in [0.25, 0.3) is 0 Å². The summed E-state index contributed by atoms with van der Waals surface area (Å²) in [5.41, 5.74) is 2.43. The summed E-state index contributed by atoms with van der Waals surface area (Å²) in [5.74, 6) is 0. The fraction of sp³-hybridized carbons (Fsp3) is 0.143. The maximum absolute atomic E-state index is 8.94. The van der Waals surface area contributed by atoms with Gasteiger partial charge in [-0.3, -0.25) is 0 Å². The minimum absolute atomic E-state index is 0.478. The number of aromatic nitrogens is 1. The lowest BCUT2D eigenvalue weighted by molar-refractivity contribution is 1.09. The number of hydrogen-bond acceptors (Lipinski definition) is 4. The van der Waals surface area contributed by atoms with Gasteiger partial charge in [-0.15, -0.1) is 11.8 Å². The van der Waals surface area contributed by atoms with Crippen molar-refractivity contribution in [1.82, 2.24) is 4.98 Å². The van der Waals surface area contributed by atoms with Crippen LogP contribution in [0.1, 0.15) is 11.3 Å². The van der Waals surface area contributed by atoms with Gasteiger partial charge in [-0.2, -0.15) is 5.26 Å². The van der Waals surface area contributed by atoms with Crippen LogP contribution in [-0.4, -0.2) is 11.2 Å². The predicted octanol–water partition coefficient (Wildman–Crippen LogP) is 3.29. The van der Waals surface area contributed by atoms with Gasteiger partial charge in [0.2, 0.25) is 0 Å². The number of rotatable bonds is 4. The molecule has 90 valence electrons. The second-order valence-electron chi connectivity index (χ2n) is 3.70. The molecule has 0 atom stereocenters. The van der Waals surface area contributed by atoms with Crippen molar-refractivity contribution in [2.24, 2.45) is 0 Å². The summed E-state index contributed by atoms with van der Waals surface area (Å²) in [7, 11) is 0. The van der Waals surface area contributed by atoms with Gasteiger partial charge in [-0.05, 0) is 36.6 Å². The molecule has 18 heavy (non-hydrogen) atoms. The smallest absolute Gasteiger partial charge is 0.145 e. The Kier molecular flexibility index (Phi) is 4.21. The third kappa shape index (κ3) is 3.02. The van der Waals surface area contributed by atoms with Crippen molar-refractivity contribution in [3.63, 3.8) is 0 Å². The number of hydrogen-bond donors (Lipinski definition) is 1. The van der Waals surface area contributed by atoms with E-state index in [9.17, 15) is 0 Å². The quantitative estimate of drug-likeness (QED) is 0.852. The zero-order valence-electron chi connectivity index (χ0n) is 10.1. The largest absolute Gasteiger partial charge is 0.381 e. The van der Waals surface area contributed by atoms with Gasteiger partial charge < -0.3 is 5.32 Å². The van der Waals surface area contributed by atoms with E-state index in [2.05, 4.69) is 34.8 Å². The molecule has 0 aliphatic heterocycles. The molecule has 1 heterocycles. The van der Waals surface area contributed by atoms with Gasteiger partial charge in [-0.1, -0.05) is 6.07 Å². The van der Waals surface area contributed by atoms with Crippen LogP contribution in [0.15, 0.2) is 47.5 Å².